The van der Waals surface area contributed by atoms with Crippen molar-refractivity contribution < 1.29 is 0 Å². The number of nitrogens with zero attached hydrogens (tertiary/aromatic N) is 2. The summed E-state index contributed by atoms with van der Waals surface area (Å²) in [5.74, 6) is 1.76. The van der Waals surface area contributed by atoms with Gasteiger partial charge in [0.2, 0.25) is 0 Å². The molecule has 0 aromatic carbocycles. The van der Waals surface area contributed by atoms with Crippen LogP contribution in [0.4, 0.5) is 0 Å². The molecule has 2 aromatic heterocycles. The predicted molar refractivity (Wildman–Crippen MR) is 87.3 cm³/mol. The van der Waals surface area contributed by atoms with E-state index in [1.54, 1.807) is 0 Å². The van der Waals surface area contributed by atoms with Crippen LogP contribution in [0.5, 0.6) is 0 Å². The molecule has 2 heterocycles. The van der Waals surface area contributed by atoms with Crippen LogP contribution in [0.25, 0.3) is 11.4 Å². The lowest BCUT2D eigenvalue weighted by molar-refractivity contribution is 0.421. The van der Waals surface area contributed by atoms with Crippen LogP contribution in [0.1, 0.15) is 63.0 Å². The first-order valence-corrected chi connectivity index (χ1v) is 8.08. The highest BCUT2D eigenvalue weighted by atomic mass is 14.8. The first-order valence-electron chi connectivity index (χ1n) is 8.08. The molecule has 0 saturated heterocycles. The Labute approximate surface area is 127 Å². The molecular weight excluding hydrogens is 256 g/mol. The molecule has 1 aliphatic carbocycles. The van der Waals surface area contributed by atoms with E-state index in [1.807, 2.05) is 12.4 Å². The normalized spacial score (nSPS) is 25.8. The number of fused-ring (bicyclic) bond motifs is 3. The summed E-state index contributed by atoms with van der Waals surface area (Å²) in [7, 11) is 0. The second-order valence-corrected chi connectivity index (χ2v) is 6.48. The van der Waals surface area contributed by atoms with Gasteiger partial charge in [0.05, 0.1) is 11.4 Å². The molecule has 2 aromatic rings. The molecule has 3 atom stereocenters. The Morgan fingerprint density at radius 1 is 0.857 bits per heavy atom. The summed E-state index contributed by atoms with van der Waals surface area (Å²) in [6, 6.07) is 8.56. The van der Waals surface area contributed by atoms with E-state index in [1.165, 1.54) is 30.4 Å². The van der Waals surface area contributed by atoms with E-state index in [9.17, 15) is 0 Å². The Morgan fingerprint density at radius 3 is 2.19 bits per heavy atom. The summed E-state index contributed by atoms with van der Waals surface area (Å²) in [5, 5.41) is 0. The van der Waals surface area contributed by atoms with Gasteiger partial charge in [-0.3, -0.25) is 9.97 Å². The Morgan fingerprint density at radius 2 is 1.48 bits per heavy atom. The second kappa shape index (κ2) is 5.97. The van der Waals surface area contributed by atoms with Crippen molar-refractivity contribution in [3.8, 4) is 11.4 Å². The highest BCUT2D eigenvalue weighted by Crippen LogP contribution is 2.38. The Balaban J connectivity index is 2.21. The summed E-state index contributed by atoms with van der Waals surface area (Å²) in [5.41, 5.74) is 4.86. The van der Waals surface area contributed by atoms with E-state index in [2.05, 4.69) is 50.0 Å². The lowest BCUT2D eigenvalue weighted by atomic mass is 9.80. The molecule has 0 unspecified atom stereocenters. The second-order valence-electron chi connectivity index (χ2n) is 6.48. The van der Waals surface area contributed by atoms with Gasteiger partial charge in [-0.2, -0.15) is 0 Å². The Kier molecular flexibility index (Phi) is 4.05. The first kappa shape index (κ1) is 14.2. The minimum Gasteiger partial charge on any atom is -0.254 e. The fourth-order valence-electron chi connectivity index (χ4n) is 3.45. The molecule has 0 fully saturated rings. The van der Waals surface area contributed by atoms with Crippen LogP contribution in [0.15, 0.2) is 36.7 Å². The molecule has 2 heteroatoms. The molecule has 0 radical (unpaired) electrons. The maximum Gasteiger partial charge on any atom is 0.0923 e. The van der Waals surface area contributed by atoms with Gasteiger partial charge in [-0.05, 0) is 47.4 Å². The van der Waals surface area contributed by atoms with Gasteiger partial charge in [0, 0.05) is 12.4 Å². The molecule has 3 rings (SSSR count). The zero-order chi connectivity index (χ0) is 14.8. The van der Waals surface area contributed by atoms with Gasteiger partial charge in [-0.1, -0.05) is 45.7 Å². The van der Waals surface area contributed by atoms with Crippen LogP contribution < -0.4 is 0 Å². The topological polar surface area (TPSA) is 25.8 Å². The molecule has 0 amide bonds. The third-order valence-electron chi connectivity index (χ3n) is 5.07. The molecule has 0 N–H and O–H groups in total. The third-order valence-corrected chi connectivity index (χ3v) is 5.07. The molecule has 1 aliphatic rings. The standard InChI is InChI=1S/C19H24N2/c1-13-7-4-8-14(2)16-9-5-11-20-18(16)19-17(15(13)3)10-6-12-21-19/h5-6,9-15H,4,7-8H2,1-3H3/t13-,14+,15-/m0/s1. The minimum absolute atomic E-state index is 0.525. The van der Waals surface area contributed by atoms with Gasteiger partial charge >= 0.3 is 0 Å². The van der Waals surface area contributed by atoms with Crippen LogP contribution in [0, 0.1) is 5.92 Å². The molecular formula is C19H24N2. The summed E-state index contributed by atoms with van der Waals surface area (Å²) in [4.78, 5) is 9.37. The maximum atomic E-state index is 4.69. The van der Waals surface area contributed by atoms with Crippen LogP contribution in [-0.2, 0) is 0 Å². The first-order chi connectivity index (χ1) is 10.2. The van der Waals surface area contributed by atoms with Crippen LogP contribution in [0.3, 0.4) is 0 Å². The number of rotatable bonds is 0. The average Bonchev–Trinajstić information content (AvgIpc) is 2.53. The van der Waals surface area contributed by atoms with Crippen molar-refractivity contribution in [1.29, 1.82) is 0 Å². The summed E-state index contributed by atoms with van der Waals surface area (Å²) < 4.78 is 0. The highest BCUT2D eigenvalue weighted by Gasteiger charge is 2.24. The van der Waals surface area contributed by atoms with E-state index in [-0.39, 0.29) is 0 Å². The SMILES string of the molecule is C[C@@H]1CCC[C@H](C)[C@H](C)c2cccnc2-c2ncccc21. The Bertz CT molecular complexity index is 620. The molecule has 0 aliphatic heterocycles. The number of aromatic nitrogens is 2. The fourth-order valence-corrected chi connectivity index (χ4v) is 3.45. The summed E-state index contributed by atoms with van der Waals surface area (Å²) in [6.45, 7) is 7.02. The van der Waals surface area contributed by atoms with Crippen LogP contribution in [-0.4, -0.2) is 9.97 Å². The van der Waals surface area contributed by atoms with Gasteiger partial charge in [-0.25, -0.2) is 0 Å². The fraction of sp³-hybridized carbons (Fsp3) is 0.474. The maximum absolute atomic E-state index is 4.69. The van der Waals surface area contributed by atoms with Gasteiger partial charge < -0.3 is 0 Å². The number of hydrogen-bond donors (Lipinski definition) is 0. The molecule has 2 nitrogen and oxygen atoms in total. The van der Waals surface area contributed by atoms with Gasteiger partial charge in [0.15, 0.2) is 0 Å². The summed E-state index contributed by atoms with van der Waals surface area (Å²) in [6.07, 6.45) is 7.60. The van der Waals surface area contributed by atoms with Crippen LogP contribution in [0.2, 0.25) is 0 Å². The van der Waals surface area contributed by atoms with E-state index in [0.29, 0.717) is 17.8 Å². The van der Waals surface area contributed by atoms with Crippen molar-refractivity contribution in [3.05, 3.63) is 47.8 Å². The van der Waals surface area contributed by atoms with E-state index in [0.717, 1.165) is 11.4 Å². The van der Waals surface area contributed by atoms with E-state index >= 15 is 0 Å². The van der Waals surface area contributed by atoms with Crippen molar-refractivity contribution in [2.75, 3.05) is 0 Å². The van der Waals surface area contributed by atoms with Crippen molar-refractivity contribution in [3.63, 3.8) is 0 Å². The third kappa shape index (κ3) is 2.72. The number of pyridine rings is 2. The van der Waals surface area contributed by atoms with Crippen molar-refractivity contribution in [2.45, 2.75) is 51.9 Å². The van der Waals surface area contributed by atoms with Gasteiger partial charge in [-0.15, -0.1) is 0 Å². The summed E-state index contributed by atoms with van der Waals surface area (Å²) >= 11 is 0. The minimum atomic E-state index is 0.525. The monoisotopic (exact) mass is 280 g/mol. The molecule has 0 spiro atoms. The van der Waals surface area contributed by atoms with Gasteiger partial charge in [0.1, 0.15) is 0 Å². The van der Waals surface area contributed by atoms with E-state index < -0.39 is 0 Å². The smallest absolute Gasteiger partial charge is 0.0923 e. The Hall–Kier alpha value is -1.70. The average molecular weight is 280 g/mol. The largest absolute Gasteiger partial charge is 0.254 e. The number of hydrogen-bond acceptors (Lipinski definition) is 2. The molecule has 0 saturated carbocycles. The van der Waals surface area contributed by atoms with E-state index in [4.69, 9.17) is 4.98 Å². The van der Waals surface area contributed by atoms with Crippen molar-refractivity contribution in [2.24, 2.45) is 5.92 Å². The van der Waals surface area contributed by atoms with Crippen molar-refractivity contribution >= 4 is 0 Å². The zero-order valence-corrected chi connectivity index (χ0v) is 13.2. The molecule has 21 heavy (non-hydrogen) atoms. The lowest BCUT2D eigenvalue weighted by Crippen LogP contribution is -2.12. The quantitative estimate of drug-likeness (QED) is 0.665. The molecule has 0 bridgehead atoms. The molecule has 110 valence electrons. The van der Waals surface area contributed by atoms with Crippen LogP contribution >= 0.6 is 0 Å². The zero-order valence-electron chi connectivity index (χ0n) is 13.2. The lowest BCUT2D eigenvalue weighted by Gasteiger charge is -2.26. The van der Waals surface area contributed by atoms with Gasteiger partial charge in [0.25, 0.3) is 0 Å². The van der Waals surface area contributed by atoms with Crippen molar-refractivity contribution in [1.82, 2.24) is 9.97 Å². The predicted octanol–water partition coefficient (Wildman–Crippen LogP) is 5.17. The highest BCUT2D eigenvalue weighted by molar-refractivity contribution is 5.64.